The molecule has 0 saturated carbocycles. The number of likely N-dealkylation sites (tertiary alicyclic amines) is 1. The van der Waals surface area contributed by atoms with E-state index in [2.05, 4.69) is 26.6 Å². The quantitative estimate of drug-likeness (QED) is 0.431. The molecule has 1 heterocycles. The van der Waals surface area contributed by atoms with Crippen molar-refractivity contribution in [1.29, 1.82) is 0 Å². The molecule has 24 heavy (non-hydrogen) atoms. The van der Waals surface area contributed by atoms with Crippen LogP contribution >= 0.6 is 27.5 Å². The zero-order valence-electron chi connectivity index (χ0n) is 12.8. The van der Waals surface area contributed by atoms with Crippen molar-refractivity contribution in [3.63, 3.8) is 0 Å². The summed E-state index contributed by atoms with van der Waals surface area (Å²) in [7, 11) is 1.45. The van der Waals surface area contributed by atoms with Crippen molar-refractivity contribution >= 4 is 50.7 Å². The first-order valence-corrected chi connectivity index (χ1v) is 8.50. The van der Waals surface area contributed by atoms with Crippen LogP contribution < -0.4 is 10.6 Å². The summed E-state index contributed by atoms with van der Waals surface area (Å²) in [6.07, 6.45) is 0.614. The van der Waals surface area contributed by atoms with Crippen molar-refractivity contribution in [1.82, 2.24) is 10.2 Å². The summed E-state index contributed by atoms with van der Waals surface area (Å²) < 4.78 is 0.434. The van der Waals surface area contributed by atoms with Crippen LogP contribution in [-0.2, 0) is 4.79 Å². The molecule has 8 nitrogen and oxygen atoms in total. The van der Waals surface area contributed by atoms with Crippen LogP contribution in [-0.4, -0.2) is 53.7 Å². The number of nitrogens with zero attached hydrogens (tertiary/aromatic N) is 2. The number of nitro groups is 1. The van der Waals surface area contributed by atoms with E-state index < -0.39 is 10.8 Å². The van der Waals surface area contributed by atoms with Crippen LogP contribution in [0.3, 0.4) is 0 Å². The van der Waals surface area contributed by atoms with Gasteiger partial charge in [0.25, 0.3) is 11.6 Å². The predicted octanol–water partition coefficient (Wildman–Crippen LogP) is 1.97. The lowest BCUT2D eigenvalue weighted by Gasteiger charge is -2.18. The standard InChI is InChI=1S/C14H16BrClN4O4/c1-17-14(22)10-4-8(15)5-11(20(23)24)13(10)18-9-2-3-19(7-9)12(21)6-16/h4-5,9,18H,2-3,6-7H2,1H3,(H,17,22). The molecule has 1 aliphatic rings. The Balaban J connectivity index is 2.33. The number of rotatable bonds is 5. The Morgan fingerprint density at radius 2 is 2.21 bits per heavy atom. The van der Waals surface area contributed by atoms with E-state index in [1.54, 1.807) is 4.90 Å². The van der Waals surface area contributed by atoms with E-state index >= 15 is 0 Å². The molecule has 0 radical (unpaired) electrons. The topological polar surface area (TPSA) is 105 Å². The van der Waals surface area contributed by atoms with Crippen molar-refractivity contribution in [2.24, 2.45) is 0 Å². The van der Waals surface area contributed by atoms with Crippen molar-refractivity contribution in [2.75, 3.05) is 31.3 Å². The molecule has 10 heteroatoms. The first-order chi connectivity index (χ1) is 11.4. The van der Waals surface area contributed by atoms with Crippen LogP contribution in [0.4, 0.5) is 11.4 Å². The minimum atomic E-state index is -0.545. The number of nitrogens with one attached hydrogen (secondary N) is 2. The van der Waals surface area contributed by atoms with Crippen LogP contribution in [0.25, 0.3) is 0 Å². The van der Waals surface area contributed by atoms with Gasteiger partial charge in [0, 0.05) is 36.7 Å². The van der Waals surface area contributed by atoms with E-state index in [1.807, 2.05) is 0 Å². The molecule has 1 aromatic rings. The number of amides is 2. The lowest BCUT2D eigenvalue weighted by atomic mass is 10.1. The van der Waals surface area contributed by atoms with Gasteiger partial charge >= 0.3 is 0 Å². The van der Waals surface area contributed by atoms with Gasteiger partial charge in [0.05, 0.1) is 10.5 Å². The van der Waals surface area contributed by atoms with Crippen LogP contribution in [0.2, 0.25) is 0 Å². The van der Waals surface area contributed by atoms with Gasteiger partial charge in [0.2, 0.25) is 5.91 Å². The Bertz CT molecular complexity index is 685. The second-order valence-electron chi connectivity index (χ2n) is 5.29. The lowest BCUT2D eigenvalue weighted by molar-refractivity contribution is -0.384. The number of hydrogen-bond donors (Lipinski definition) is 2. The second-order valence-corrected chi connectivity index (χ2v) is 6.47. The highest BCUT2D eigenvalue weighted by atomic mass is 79.9. The third-order valence-electron chi connectivity index (χ3n) is 3.75. The summed E-state index contributed by atoms with van der Waals surface area (Å²) in [5, 5.41) is 16.9. The fourth-order valence-electron chi connectivity index (χ4n) is 2.60. The van der Waals surface area contributed by atoms with Gasteiger partial charge in [-0.2, -0.15) is 0 Å². The predicted molar refractivity (Wildman–Crippen MR) is 93.5 cm³/mol. The molecule has 1 fully saturated rings. The lowest BCUT2D eigenvalue weighted by Crippen LogP contribution is -2.32. The molecule has 0 bridgehead atoms. The summed E-state index contributed by atoms with van der Waals surface area (Å²) in [5.74, 6) is -0.722. The maximum absolute atomic E-state index is 12.1. The van der Waals surface area contributed by atoms with E-state index in [4.69, 9.17) is 11.6 Å². The first kappa shape index (κ1) is 18.5. The number of halogens is 2. The summed E-state index contributed by atoms with van der Waals surface area (Å²) in [6, 6.07) is 2.66. The average Bonchev–Trinajstić information content (AvgIpc) is 3.02. The smallest absolute Gasteiger partial charge is 0.294 e. The average molecular weight is 420 g/mol. The van der Waals surface area contributed by atoms with Gasteiger partial charge in [-0.15, -0.1) is 11.6 Å². The molecule has 0 aliphatic carbocycles. The zero-order chi connectivity index (χ0) is 17.9. The fourth-order valence-corrected chi connectivity index (χ4v) is 3.21. The molecule has 2 rings (SSSR count). The van der Waals surface area contributed by atoms with Gasteiger partial charge in [0.1, 0.15) is 11.6 Å². The summed E-state index contributed by atoms with van der Waals surface area (Å²) in [4.78, 5) is 36.1. The molecular weight excluding hydrogens is 404 g/mol. The molecule has 1 atom stereocenters. The minimum Gasteiger partial charge on any atom is -0.374 e. The van der Waals surface area contributed by atoms with Crippen LogP contribution in [0, 0.1) is 10.1 Å². The normalized spacial score (nSPS) is 16.8. The maximum Gasteiger partial charge on any atom is 0.294 e. The first-order valence-electron chi connectivity index (χ1n) is 7.17. The Labute approximate surface area is 151 Å². The summed E-state index contributed by atoms with van der Waals surface area (Å²) in [6.45, 7) is 0.898. The van der Waals surface area contributed by atoms with Gasteiger partial charge in [-0.05, 0) is 12.5 Å². The zero-order valence-corrected chi connectivity index (χ0v) is 15.2. The van der Waals surface area contributed by atoms with E-state index in [-0.39, 0.29) is 34.8 Å². The number of alkyl halides is 1. The number of anilines is 1. The summed E-state index contributed by atoms with van der Waals surface area (Å²) in [5.41, 5.74) is 0.110. The molecule has 2 amide bonds. The van der Waals surface area contributed by atoms with Gasteiger partial charge < -0.3 is 15.5 Å². The largest absolute Gasteiger partial charge is 0.374 e. The third kappa shape index (κ3) is 3.96. The number of carbonyl (C=O) groups excluding carboxylic acids is 2. The number of nitro benzene ring substituents is 1. The Morgan fingerprint density at radius 3 is 2.79 bits per heavy atom. The van der Waals surface area contributed by atoms with Gasteiger partial charge in [-0.3, -0.25) is 19.7 Å². The van der Waals surface area contributed by atoms with Crippen molar-refractivity contribution in [2.45, 2.75) is 12.5 Å². The molecule has 130 valence electrons. The molecule has 0 spiro atoms. The van der Waals surface area contributed by atoms with E-state index in [0.717, 1.165) is 0 Å². The molecular formula is C14H16BrClN4O4. The van der Waals surface area contributed by atoms with Crippen molar-refractivity contribution < 1.29 is 14.5 Å². The number of hydrogen-bond acceptors (Lipinski definition) is 5. The molecule has 1 aromatic carbocycles. The van der Waals surface area contributed by atoms with Crippen LogP contribution in [0.15, 0.2) is 16.6 Å². The highest BCUT2D eigenvalue weighted by molar-refractivity contribution is 9.10. The minimum absolute atomic E-state index is 0.103. The van der Waals surface area contributed by atoms with Crippen molar-refractivity contribution in [3.05, 3.63) is 32.3 Å². The second kappa shape index (κ2) is 7.80. The SMILES string of the molecule is CNC(=O)c1cc(Br)cc([N+](=O)[O-])c1NC1CCN(C(=O)CCl)C1. The Hall–Kier alpha value is -1.87. The third-order valence-corrected chi connectivity index (χ3v) is 4.44. The highest BCUT2D eigenvalue weighted by Gasteiger charge is 2.30. The number of benzene rings is 1. The van der Waals surface area contributed by atoms with Gasteiger partial charge in [0.15, 0.2) is 0 Å². The molecule has 0 aromatic heterocycles. The van der Waals surface area contributed by atoms with Crippen molar-refractivity contribution in [3.8, 4) is 0 Å². The van der Waals surface area contributed by atoms with Gasteiger partial charge in [-0.1, -0.05) is 15.9 Å². The molecule has 1 aliphatic heterocycles. The monoisotopic (exact) mass is 418 g/mol. The van der Waals surface area contributed by atoms with E-state index in [9.17, 15) is 19.7 Å². The Kier molecular flexibility index (Phi) is 6.00. The fraction of sp³-hybridized carbons (Fsp3) is 0.429. The van der Waals surface area contributed by atoms with E-state index in [1.165, 1.54) is 19.2 Å². The summed E-state index contributed by atoms with van der Waals surface area (Å²) >= 11 is 8.73. The molecule has 1 unspecified atom stereocenters. The van der Waals surface area contributed by atoms with Gasteiger partial charge in [-0.25, -0.2) is 0 Å². The van der Waals surface area contributed by atoms with E-state index in [0.29, 0.717) is 24.0 Å². The Morgan fingerprint density at radius 1 is 1.50 bits per heavy atom. The highest BCUT2D eigenvalue weighted by Crippen LogP contribution is 2.34. The molecule has 1 saturated heterocycles. The maximum atomic E-state index is 12.1. The molecule has 2 N–H and O–H groups in total. The van der Waals surface area contributed by atoms with Crippen LogP contribution in [0.5, 0.6) is 0 Å². The van der Waals surface area contributed by atoms with Crippen LogP contribution in [0.1, 0.15) is 16.8 Å². The number of carbonyl (C=O) groups is 2.